The van der Waals surface area contributed by atoms with E-state index < -0.39 is 59.9 Å². The second kappa shape index (κ2) is 28.2. The molecule has 0 aromatic rings. The van der Waals surface area contributed by atoms with Crippen LogP contribution in [0.15, 0.2) is 24.3 Å². The summed E-state index contributed by atoms with van der Waals surface area (Å²) in [5.74, 6) is -0.302. The summed E-state index contributed by atoms with van der Waals surface area (Å²) in [6.07, 6.45) is 19.4. The molecule has 1 aliphatic rings. The number of carbonyl (C=O) groups is 1. The maximum atomic E-state index is 12.9. The number of hydrogen-bond acceptors (Lipinski definition) is 10. The van der Waals surface area contributed by atoms with E-state index in [1.165, 1.54) is 70.6 Å². The molecule has 0 bridgehead atoms. The fourth-order valence-electron chi connectivity index (χ4n) is 5.80. The van der Waals surface area contributed by atoms with E-state index >= 15 is 0 Å². The highest BCUT2D eigenvalue weighted by molar-refractivity contribution is 7.80. The molecule has 6 N–H and O–H groups in total. The van der Waals surface area contributed by atoms with E-state index in [1.54, 1.807) is 0 Å². The largest absolute Gasteiger partial charge is 0.397 e. The molecule has 1 saturated heterocycles. The Labute approximate surface area is 295 Å². The number of ether oxygens (including phenoxy) is 2. The zero-order valence-corrected chi connectivity index (χ0v) is 30.8. The molecule has 1 rings (SSSR count). The number of nitrogens with one attached hydrogen (secondary N) is 1. The van der Waals surface area contributed by atoms with Gasteiger partial charge in [0, 0.05) is 6.42 Å². The van der Waals surface area contributed by atoms with Crippen LogP contribution >= 0.6 is 0 Å². The van der Waals surface area contributed by atoms with Gasteiger partial charge in [0.1, 0.15) is 24.4 Å². The third kappa shape index (κ3) is 22.2. The molecule has 13 heteroatoms. The minimum Gasteiger partial charge on any atom is -0.394 e. The van der Waals surface area contributed by atoms with E-state index in [9.17, 15) is 33.6 Å². The molecule has 49 heavy (non-hydrogen) atoms. The van der Waals surface area contributed by atoms with Crippen molar-refractivity contribution in [1.82, 2.24) is 5.32 Å². The quantitative estimate of drug-likeness (QED) is 0.0315. The first-order chi connectivity index (χ1) is 23.5. The van der Waals surface area contributed by atoms with Crippen LogP contribution in [0, 0.1) is 0 Å². The lowest BCUT2D eigenvalue weighted by atomic mass is 9.99. The van der Waals surface area contributed by atoms with E-state index in [2.05, 4.69) is 35.5 Å². The minimum absolute atomic E-state index is 0.185. The third-order valence-corrected chi connectivity index (χ3v) is 9.24. The Hall–Kier alpha value is -1.42. The first-order valence-electron chi connectivity index (χ1n) is 18.7. The van der Waals surface area contributed by atoms with Gasteiger partial charge >= 0.3 is 10.4 Å². The van der Waals surface area contributed by atoms with Crippen molar-refractivity contribution in [2.75, 3.05) is 13.2 Å². The summed E-state index contributed by atoms with van der Waals surface area (Å²) >= 11 is 0. The monoisotopic (exact) mass is 721 g/mol. The Morgan fingerprint density at radius 1 is 0.816 bits per heavy atom. The molecule has 7 unspecified atom stereocenters. The minimum atomic E-state index is -5.07. The summed E-state index contributed by atoms with van der Waals surface area (Å²) in [5, 5.41) is 44.4. The highest BCUT2D eigenvalue weighted by Gasteiger charge is 2.48. The van der Waals surface area contributed by atoms with E-state index in [4.69, 9.17) is 14.0 Å². The lowest BCUT2D eigenvalue weighted by Gasteiger charge is -2.41. The second-order valence-corrected chi connectivity index (χ2v) is 14.2. The van der Waals surface area contributed by atoms with Gasteiger partial charge in [-0.2, -0.15) is 8.42 Å². The molecule has 12 nitrogen and oxygen atoms in total. The average Bonchev–Trinajstić information content (AvgIpc) is 3.06. The molecule has 0 aromatic heterocycles. The molecule has 1 aliphatic heterocycles. The van der Waals surface area contributed by atoms with Crippen LogP contribution in [0.25, 0.3) is 0 Å². The number of unbranched alkanes of at least 4 members (excludes halogenated alkanes) is 14. The SMILES string of the molecule is CCCCCCCC/C=C\C/C=C\CCC(=O)NC(COC1OC(CO)C(O)C(OS(=O)(=O)O)C1O)C(O)CCCCCCCCCCC. The topological polar surface area (TPSA) is 192 Å². The number of allylic oxidation sites excluding steroid dienone is 4. The highest BCUT2D eigenvalue weighted by Crippen LogP contribution is 2.26. The van der Waals surface area contributed by atoms with Gasteiger partial charge in [0.25, 0.3) is 0 Å². The number of rotatable bonds is 30. The summed E-state index contributed by atoms with van der Waals surface area (Å²) in [5.41, 5.74) is 0. The number of amides is 1. The van der Waals surface area contributed by atoms with Crippen LogP contribution in [0.2, 0.25) is 0 Å². The maximum Gasteiger partial charge on any atom is 0.397 e. The normalized spacial score (nSPS) is 23.0. The summed E-state index contributed by atoms with van der Waals surface area (Å²) in [7, 11) is -5.07. The van der Waals surface area contributed by atoms with Crippen molar-refractivity contribution < 1.29 is 51.8 Å². The predicted octanol–water partition coefficient (Wildman–Crippen LogP) is 5.43. The number of aliphatic hydroxyl groups excluding tert-OH is 4. The van der Waals surface area contributed by atoms with E-state index in [0.29, 0.717) is 12.8 Å². The van der Waals surface area contributed by atoms with Crippen LogP contribution < -0.4 is 5.32 Å². The molecule has 7 atom stereocenters. The van der Waals surface area contributed by atoms with Crippen LogP contribution in [0.5, 0.6) is 0 Å². The molecular formula is C36H67NO11S. The van der Waals surface area contributed by atoms with Crippen molar-refractivity contribution in [2.45, 2.75) is 185 Å². The Morgan fingerprint density at radius 3 is 1.94 bits per heavy atom. The molecule has 0 saturated carbocycles. The predicted molar refractivity (Wildman–Crippen MR) is 190 cm³/mol. The number of aliphatic hydroxyl groups is 4. The van der Waals surface area contributed by atoms with Gasteiger partial charge in [0.05, 0.1) is 25.4 Å². The fourth-order valence-corrected chi connectivity index (χ4v) is 6.31. The lowest BCUT2D eigenvalue weighted by Crippen LogP contribution is -2.61. The highest BCUT2D eigenvalue weighted by atomic mass is 32.3. The van der Waals surface area contributed by atoms with Crippen molar-refractivity contribution in [2.24, 2.45) is 0 Å². The summed E-state index contributed by atoms with van der Waals surface area (Å²) in [6.45, 7) is 3.33. The average molecular weight is 722 g/mol. The molecule has 0 spiro atoms. The summed E-state index contributed by atoms with van der Waals surface area (Å²) in [6, 6.07) is -0.883. The molecule has 0 aromatic carbocycles. The van der Waals surface area contributed by atoms with Crippen molar-refractivity contribution in [1.29, 1.82) is 0 Å². The molecule has 0 aliphatic carbocycles. The standard InChI is InChI=1S/C36H67NO11S/c1-3-5-7-9-11-13-14-15-16-18-20-22-24-26-32(40)37-29(30(39)25-23-21-19-17-12-10-8-6-4-2)28-46-36-34(42)35(48-49(43,44)45)33(41)31(27-38)47-36/h15-16,20,22,29-31,33-36,38-39,41-42H,3-14,17-19,21,23-28H2,1-2H3,(H,37,40)(H,43,44,45)/b16-15-,22-20-. The summed E-state index contributed by atoms with van der Waals surface area (Å²) in [4.78, 5) is 12.9. The third-order valence-electron chi connectivity index (χ3n) is 8.78. The van der Waals surface area contributed by atoms with Crippen LogP contribution in [-0.4, -0.2) is 95.4 Å². The van der Waals surface area contributed by atoms with Crippen molar-refractivity contribution >= 4 is 16.3 Å². The van der Waals surface area contributed by atoms with Gasteiger partial charge < -0.3 is 35.2 Å². The van der Waals surface area contributed by atoms with Gasteiger partial charge in [0.15, 0.2) is 6.29 Å². The van der Waals surface area contributed by atoms with Crippen LogP contribution in [0.1, 0.15) is 142 Å². The molecule has 0 radical (unpaired) electrons. The van der Waals surface area contributed by atoms with Gasteiger partial charge in [-0.3, -0.25) is 9.35 Å². The Balaban J connectivity index is 2.67. The lowest BCUT2D eigenvalue weighted by molar-refractivity contribution is -0.298. The molecule has 288 valence electrons. The van der Waals surface area contributed by atoms with Gasteiger partial charge in [-0.1, -0.05) is 128 Å². The molecule has 1 amide bonds. The maximum absolute atomic E-state index is 12.9. The van der Waals surface area contributed by atoms with Gasteiger partial charge in [-0.25, -0.2) is 4.18 Å². The van der Waals surface area contributed by atoms with Crippen LogP contribution in [0.3, 0.4) is 0 Å². The zero-order valence-electron chi connectivity index (χ0n) is 30.0. The second-order valence-electron chi connectivity index (χ2n) is 13.2. The first kappa shape index (κ1) is 45.6. The molecule has 1 heterocycles. The van der Waals surface area contributed by atoms with Gasteiger partial charge in [0.2, 0.25) is 5.91 Å². The van der Waals surface area contributed by atoms with E-state index in [1.807, 2.05) is 12.2 Å². The van der Waals surface area contributed by atoms with E-state index in [0.717, 1.165) is 38.5 Å². The van der Waals surface area contributed by atoms with Crippen molar-refractivity contribution in [3.63, 3.8) is 0 Å². The number of hydrogen-bond donors (Lipinski definition) is 6. The van der Waals surface area contributed by atoms with Gasteiger partial charge in [-0.15, -0.1) is 0 Å². The van der Waals surface area contributed by atoms with Gasteiger partial charge in [-0.05, 0) is 32.1 Å². The van der Waals surface area contributed by atoms with Crippen molar-refractivity contribution in [3.8, 4) is 0 Å². The fraction of sp³-hybridized carbons (Fsp3) is 0.861. The van der Waals surface area contributed by atoms with E-state index in [-0.39, 0.29) is 18.9 Å². The Kier molecular flexibility index (Phi) is 26.2. The molecule has 1 fully saturated rings. The van der Waals surface area contributed by atoms with Crippen molar-refractivity contribution in [3.05, 3.63) is 24.3 Å². The van der Waals surface area contributed by atoms with Crippen LogP contribution in [0.4, 0.5) is 0 Å². The number of carbonyl (C=O) groups excluding carboxylic acids is 1. The summed E-state index contributed by atoms with van der Waals surface area (Å²) < 4.78 is 47.3. The zero-order chi connectivity index (χ0) is 36.3. The Morgan fingerprint density at radius 2 is 1.37 bits per heavy atom. The smallest absolute Gasteiger partial charge is 0.394 e. The van der Waals surface area contributed by atoms with Crippen LogP contribution in [-0.2, 0) is 28.9 Å². The Bertz CT molecular complexity index is 993. The first-order valence-corrected chi connectivity index (χ1v) is 20.1. The molecular weight excluding hydrogens is 654 g/mol.